The monoisotopic (exact) mass is 327 g/mol. The average Bonchev–Trinajstić information content (AvgIpc) is 2.57. The largest absolute Gasteiger partial charge is 0.395 e. The van der Waals surface area contributed by atoms with Gasteiger partial charge in [0, 0.05) is 6.04 Å². The zero-order valence-electron chi connectivity index (χ0n) is 16.2. The Morgan fingerprint density at radius 2 is 1.00 bits per heavy atom. The summed E-state index contributed by atoms with van der Waals surface area (Å²) in [6, 6.07) is -0.0263. The Balaban J connectivity index is 3.08. The van der Waals surface area contributed by atoms with Gasteiger partial charge in [0.05, 0.1) is 6.61 Å². The molecule has 0 saturated heterocycles. The van der Waals surface area contributed by atoms with Crippen molar-refractivity contribution < 1.29 is 5.11 Å². The van der Waals surface area contributed by atoms with Gasteiger partial charge in [-0.2, -0.15) is 0 Å². The van der Waals surface area contributed by atoms with Crippen LogP contribution in [0.2, 0.25) is 0 Å². The van der Waals surface area contributed by atoms with Crippen molar-refractivity contribution in [3.8, 4) is 0 Å². The fraction of sp³-hybridized carbons (Fsp3) is 1.00. The van der Waals surface area contributed by atoms with Crippen LogP contribution >= 0.6 is 0 Å². The van der Waals surface area contributed by atoms with Gasteiger partial charge in [-0.1, -0.05) is 110 Å². The number of nitrogens with two attached hydrogens (primary N) is 1. The fourth-order valence-electron chi connectivity index (χ4n) is 3.23. The third-order valence-electron chi connectivity index (χ3n) is 5.20. The molecule has 0 aromatic heterocycles. The van der Waals surface area contributed by atoms with Gasteiger partial charge in [0.1, 0.15) is 0 Å². The number of hydrogen-bond donors (Lipinski definition) is 2. The number of hydrogen-bond acceptors (Lipinski definition) is 2. The van der Waals surface area contributed by atoms with Crippen LogP contribution in [0.1, 0.15) is 117 Å². The first-order valence-electron chi connectivity index (χ1n) is 10.6. The molecule has 0 amide bonds. The Morgan fingerprint density at radius 3 is 1.35 bits per heavy atom. The predicted molar refractivity (Wildman–Crippen MR) is 104 cm³/mol. The number of rotatable bonds is 18. The Labute approximate surface area is 146 Å². The summed E-state index contributed by atoms with van der Waals surface area (Å²) in [7, 11) is 0. The Bertz CT molecular complexity index is 220. The van der Waals surface area contributed by atoms with E-state index in [0.29, 0.717) is 5.92 Å². The lowest BCUT2D eigenvalue weighted by molar-refractivity contribution is 0.226. The summed E-state index contributed by atoms with van der Waals surface area (Å²) in [4.78, 5) is 0. The van der Waals surface area contributed by atoms with Crippen LogP contribution in [-0.4, -0.2) is 17.8 Å². The normalized spacial score (nSPS) is 14.1. The van der Waals surface area contributed by atoms with Gasteiger partial charge < -0.3 is 10.8 Å². The first kappa shape index (κ1) is 22.9. The molecule has 0 aliphatic rings. The van der Waals surface area contributed by atoms with E-state index >= 15 is 0 Å². The van der Waals surface area contributed by atoms with Gasteiger partial charge >= 0.3 is 0 Å². The standard InChI is InChI=1S/C21H45NO/c1-3-4-5-6-7-8-9-10-11-12-13-14-15-16-17-18-20(2)21(22)19-23/h20-21,23H,3-19,22H2,1-2H3. The van der Waals surface area contributed by atoms with Gasteiger partial charge in [-0.3, -0.25) is 0 Å². The van der Waals surface area contributed by atoms with Crippen molar-refractivity contribution in [2.75, 3.05) is 6.61 Å². The summed E-state index contributed by atoms with van der Waals surface area (Å²) in [5, 5.41) is 9.01. The Morgan fingerprint density at radius 1 is 0.652 bits per heavy atom. The van der Waals surface area contributed by atoms with Crippen LogP contribution in [0.4, 0.5) is 0 Å². The Kier molecular flexibility index (Phi) is 18.2. The summed E-state index contributed by atoms with van der Waals surface area (Å²) in [6.45, 7) is 4.57. The SMILES string of the molecule is CCCCCCCCCCCCCCCCCC(C)C(N)CO. The minimum Gasteiger partial charge on any atom is -0.395 e. The smallest absolute Gasteiger partial charge is 0.0585 e. The molecule has 0 bridgehead atoms. The van der Waals surface area contributed by atoms with Gasteiger partial charge in [-0.25, -0.2) is 0 Å². The highest BCUT2D eigenvalue weighted by Crippen LogP contribution is 2.15. The highest BCUT2D eigenvalue weighted by atomic mass is 16.3. The topological polar surface area (TPSA) is 46.2 Å². The van der Waals surface area contributed by atoms with Crippen molar-refractivity contribution in [1.82, 2.24) is 0 Å². The van der Waals surface area contributed by atoms with Crippen LogP contribution in [-0.2, 0) is 0 Å². The summed E-state index contributed by atoms with van der Waals surface area (Å²) >= 11 is 0. The molecule has 0 saturated carbocycles. The van der Waals surface area contributed by atoms with Gasteiger partial charge in [-0.15, -0.1) is 0 Å². The molecule has 140 valence electrons. The Hall–Kier alpha value is -0.0800. The second-order valence-electron chi connectivity index (χ2n) is 7.56. The molecule has 2 atom stereocenters. The number of unbranched alkanes of at least 4 members (excludes halogenated alkanes) is 14. The summed E-state index contributed by atoms with van der Waals surface area (Å²) in [5.74, 6) is 0.460. The molecule has 2 heteroatoms. The van der Waals surface area contributed by atoms with Crippen molar-refractivity contribution in [2.24, 2.45) is 11.7 Å². The van der Waals surface area contributed by atoms with Crippen molar-refractivity contribution in [3.05, 3.63) is 0 Å². The van der Waals surface area contributed by atoms with E-state index in [0.717, 1.165) is 0 Å². The van der Waals surface area contributed by atoms with Gasteiger partial charge in [-0.05, 0) is 12.3 Å². The number of aliphatic hydroxyl groups is 1. The maximum Gasteiger partial charge on any atom is 0.0585 e. The third-order valence-corrected chi connectivity index (χ3v) is 5.20. The highest BCUT2D eigenvalue weighted by Gasteiger charge is 2.10. The second-order valence-corrected chi connectivity index (χ2v) is 7.56. The van der Waals surface area contributed by atoms with E-state index in [2.05, 4.69) is 13.8 Å². The lowest BCUT2D eigenvalue weighted by Gasteiger charge is -2.17. The van der Waals surface area contributed by atoms with E-state index in [1.807, 2.05) is 0 Å². The summed E-state index contributed by atoms with van der Waals surface area (Å²) in [6.07, 6.45) is 22.3. The van der Waals surface area contributed by atoms with Gasteiger partial charge in [0.25, 0.3) is 0 Å². The molecule has 0 fully saturated rings. The van der Waals surface area contributed by atoms with Crippen molar-refractivity contribution in [2.45, 2.75) is 123 Å². The fourth-order valence-corrected chi connectivity index (χ4v) is 3.23. The molecule has 0 rings (SSSR count). The van der Waals surface area contributed by atoms with Crippen LogP contribution in [0.15, 0.2) is 0 Å². The van der Waals surface area contributed by atoms with E-state index in [4.69, 9.17) is 10.8 Å². The molecule has 2 unspecified atom stereocenters. The zero-order chi connectivity index (χ0) is 17.2. The van der Waals surface area contributed by atoms with E-state index < -0.39 is 0 Å². The van der Waals surface area contributed by atoms with Crippen molar-refractivity contribution in [1.29, 1.82) is 0 Å². The first-order chi connectivity index (χ1) is 11.2. The lowest BCUT2D eigenvalue weighted by Crippen LogP contribution is -2.31. The molecule has 0 aliphatic heterocycles. The minimum atomic E-state index is -0.0263. The molecule has 0 spiro atoms. The molecule has 0 radical (unpaired) electrons. The average molecular weight is 328 g/mol. The molecule has 3 N–H and O–H groups in total. The van der Waals surface area contributed by atoms with E-state index in [1.165, 1.54) is 103 Å². The van der Waals surface area contributed by atoms with Crippen LogP contribution < -0.4 is 5.73 Å². The summed E-state index contributed by atoms with van der Waals surface area (Å²) < 4.78 is 0. The quantitative estimate of drug-likeness (QED) is 0.294. The molecular formula is C21H45NO. The van der Waals surface area contributed by atoms with Crippen LogP contribution in [0.3, 0.4) is 0 Å². The third kappa shape index (κ3) is 16.6. The lowest BCUT2D eigenvalue weighted by atomic mass is 9.96. The molecule has 0 aromatic carbocycles. The second kappa shape index (κ2) is 18.3. The highest BCUT2D eigenvalue weighted by molar-refractivity contribution is 4.67. The van der Waals surface area contributed by atoms with Crippen molar-refractivity contribution >= 4 is 0 Å². The molecule has 0 aliphatic carbocycles. The molecular weight excluding hydrogens is 282 g/mol. The number of aliphatic hydroxyl groups excluding tert-OH is 1. The molecule has 23 heavy (non-hydrogen) atoms. The van der Waals surface area contributed by atoms with Crippen LogP contribution in [0, 0.1) is 5.92 Å². The molecule has 0 aromatic rings. The van der Waals surface area contributed by atoms with E-state index in [-0.39, 0.29) is 12.6 Å². The molecule has 2 nitrogen and oxygen atoms in total. The minimum absolute atomic E-state index is 0.0263. The predicted octanol–water partition coefficient (Wildman–Crippen LogP) is 6.20. The van der Waals surface area contributed by atoms with Gasteiger partial charge in [0.2, 0.25) is 0 Å². The van der Waals surface area contributed by atoms with E-state index in [9.17, 15) is 0 Å². The van der Waals surface area contributed by atoms with E-state index in [1.54, 1.807) is 0 Å². The first-order valence-corrected chi connectivity index (χ1v) is 10.6. The maximum absolute atomic E-state index is 9.01. The zero-order valence-corrected chi connectivity index (χ0v) is 16.2. The summed E-state index contributed by atoms with van der Waals surface area (Å²) in [5.41, 5.74) is 5.83. The van der Waals surface area contributed by atoms with Crippen LogP contribution in [0.25, 0.3) is 0 Å². The van der Waals surface area contributed by atoms with Gasteiger partial charge in [0.15, 0.2) is 0 Å². The van der Waals surface area contributed by atoms with Crippen molar-refractivity contribution in [3.63, 3.8) is 0 Å². The van der Waals surface area contributed by atoms with Crippen LogP contribution in [0.5, 0.6) is 0 Å². The molecule has 0 heterocycles. The maximum atomic E-state index is 9.01.